The van der Waals surface area contributed by atoms with E-state index in [0.717, 1.165) is 66.4 Å². The van der Waals surface area contributed by atoms with E-state index in [1.165, 1.54) is 12.1 Å². The molecule has 2 aromatic carbocycles. The van der Waals surface area contributed by atoms with Gasteiger partial charge in [0.1, 0.15) is 23.6 Å². The van der Waals surface area contributed by atoms with Gasteiger partial charge in [0.15, 0.2) is 0 Å². The Labute approximate surface area is 203 Å². The van der Waals surface area contributed by atoms with E-state index < -0.39 is 0 Å². The molecule has 0 bridgehead atoms. The highest BCUT2D eigenvalue weighted by Gasteiger charge is 2.33. The SMILES string of the molecule is Fc1cccc(-c2nc3c([nH]2)-c2cc(Cl)ccc2N(C2C[C]CCN2c2ccccn2)CC3)c1. The molecular weight excluding hydrogens is 449 g/mol. The van der Waals surface area contributed by atoms with Crippen LogP contribution in [0.3, 0.4) is 0 Å². The fourth-order valence-corrected chi connectivity index (χ4v) is 5.13. The average Bonchev–Trinajstić information content (AvgIpc) is 3.24. The van der Waals surface area contributed by atoms with Crippen molar-refractivity contribution in [2.24, 2.45) is 0 Å². The van der Waals surface area contributed by atoms with Gasteiger partial charge in [0, 0.05) is 47.5 Å². The number of piperidine rings is 1. The van der Waals surface area contributed by atoms with Crippen molar-refractivity contribution in [1.29, 1.82) is 0 Å². The summed E-state index contributed by atoms with van der Waals surface area (Å²) in [4.78, 5) is 17.7. The summed E-state index contributed by atoms with van der Waals surface area (Å²) in [7, 11) is 0. The summed E-state index contributed by atoms with van der Waals surface area (Å²) in [6.45, 7) is 1.65. The summed E-state index contributed by atoms with van der Waals surface area (Å²) < 4.78 is 13.8. The number of halogens is 2. The minimum atomic E-state index is -0.280. The Morgan fingerprint density at radius 3 is 2.82 bits per heavy atom. The maximum absolute atomic E-state index is 13.8. The second-order valence-corrected chi connectivity index (χ2v) is 9.02. The molecule has 0 aliphatic carbocycles. The quantitative estimate of drug-likeness (QED) is 0.398. The monoisotopic (exact) mass is 471 g/mol. The molecule has 2 radical (unpaired) electrons. The summed E-state index contributed by atoms with van der Waals surface area (Å²) in [5.41, 5.74) is 4.71. The molecule has 2 aliphatic rings. The molecule has 1 unspecified atom stereocenters. The third-order valence-corrected chi connectivity index (χ3v) is 6.76. The smallest absolute Gasteiger partial charge is 0.138 e. The van der Waals surface area contributed by atoms with Gasteiger partial charge < -0.3 is 14.8 Å². The largest absolute Gasteiger partial charge is 0.350 e. The van der Waals surface area contributed by atoms with Crippen LogP contribution in [0.5, 0.6) is 0 Å². The Morgan fingerprint density at radius 1 is 1.03 bits per heavy atom. The van der Waals surface area contributed by atoms with Crippen LogP contribution < -0.4 is 9.80 Å². The number of hydrogen-bond donors (Lipinski definition) is 1. The zero-order chi connectivity index (χ0) is 23.1. The van der Waals surface area contributed by atoms with Crippen LogP contribution in [0.25, 0.3) is 22.6 Å². The van der Waals surface area contributed by atoms with Crippen molar-refractivity contribution in [3.05, 3.63) is 89.8 Å². The van der Waals surface area contributed by atoms with Crippen molar-refractivity contribution in [3.8, 4) is 22.6 Å². The summed E-state index contributed by atoms with van der Waals surface area (Å²) in [6.07, 6.45) is 7.96. The average molecular weight is 472 g/mol. The van der Waals surface area contributed by atoms with Gasteiger partial charge in [-0.2, -0.15) is 0 Å². The summed E-state index contributed by atoms with van der Waals surface area (Å²) in [5, 5.41) is 0.664. The van der Waals surface area contributed by atoms with Gasteiger partial charge in [0.2, 0.25) is 0 Å². The van der Waals surface area contributed by atoms with Crippen LogP contribution >= 0.6 is 11.6 Å². The summed E-state index contributed by atoms with van der Waals surface area (Å²) >= 11 is 6.46. The fourth-order valence-electron chi connectivity index (χ4n) is 4.96. The normalized spacial score (nSPS) is 17.8. The molecule has 1 saturated heterocycles. The minimum Gasteiger partial charge on any atom is -0.350 e. The number of benzene rings is 2. The first kappa shape index (κ1) is 21.2. The lowest BCUT2D eigenvalue weighted by atomic mass is 10.0. The second-order valence-electron chi connectivity index (χ2n) is 8.59. The van der Waals surface area contributed by atoms with Gasteiger partial charge in [0.25, 0.3) is 0 Å². The lowest BCUT2D eigenvalue weighted by Crippen LogP contribution is -2.52. The third-order valence-electron chi connectivity index (χ3n) is 6.52. The van der Waals surface area contributed by atoms with Crippen molar-refractivity contribution >= 4 is 23.1 Å². The van der Waals surface area contributed by atoms with Crippen LogP contribution in [0.15, 0.2) is 66.9 Å². The molecule has 0 spiro atoms. The Balaban J connectivity index is 1.43. The van der Waals surface area contributed by atoms with E-state index in [-0.39, 0.29) is 12.0 Å². The molecule has 2 aliphatic heterocycles. The maximum Gasteiger partial charge on any atom is 0.138 e. The molecule has 34 heavy (non-hydrogen) atoms. The summed E-state index contributed by atoms with van der Waals surface area (Å²) in [6, 6.07) is 18.6. The molecule has 170 valence electrons. The fraction of sp³-hybridized carbons (Fsp3) is 0.222. The molecule has 1 N–H and O–H groups in total. The molecule has 5 nitrogen and oxygen atoms in total. The number of pyridine rings is 1. The van der Waals surface area contributed by atoms with E-state index >= 15 is 0 Å². The molecule has 7 heteroatoms. The Hall–Kier alpha value is -3.38. The first-order valence-electron chi connectivity index (χ1n) is 11.5. The van der Waals surface area contributed by atoms with Crippen LogP contribution in [-0.2, 0) is 6.42 Å². The zero-order valence-electron chi connectivity index (χ0n) is 18.5. The molecule has 2 aromatic heterocycles. The number of imidazole rings is 1. The number of rotatable bonds is 3. The Bertz CT molecular complexity index is 1320. The van der Waals surface area contributed by atoms with E-state index in [0.29, 0.717) is 10.8 Å². The Morgan fingerprint density at radius 2 is 1.97 bits per heavy atom. The maximum atomic E-state index is 13.8. The first-order chi connectivity index (χ1) is 16.7. The standard InChI is InChI=1S/C27H23ClFN5/c28-19-10-11-23-21(17-19)26-22(31-27(32-26)18-6-5-7-20(29)16-18)12-15-33(23)25-9-2-4-14-34(25)24-8-1-3-13-30-24/h1,3,5-8,10-11,13,16-17,25H,4,9,12,14-15H2,(H,31,32). The highest BCUT2D eigenvalue weighted by atomic mass is 35.5. The molecule has 4 heterocycles. The lowest BCUT2D eigenvalue weighted by molar-refractivity contribution is 0.494. The topological polar surface area (TPSA) is 48.1 Å². The third kappa shape index (κ3) is 3.82. The molecule has 6 rings (SSSR count). The van der Waals surface area contributed by atoms with Crippen LogP contribution in [-0.4, -0.2) is 34.2 Å². The van der Waals surface area contributed by atoms with Crippen molar-refractivity contribution in [2.75, 3.05) is 22.9 Å². The molecular formula is C27H23ClFN5. The number of hydrogen-bond acceptors (Lipinski definition) is 4. The van der Waals surface area contributed by atoms with Gasteiger partial charge in [0.05, 0.1) is 11.4 Å². The lowest BCUT2D eigenvalue weighted by Gasteiger charge is -2.44. The van der Waals surface area contributed by atoms with E-state index in [1.54, 1.807) is 6.07 Å². The predicted octanol–water partition coefficient (Wildman–Crippen LogP) is 6.00. The second kappa shape index (κ2) is 8.76. The van der Waals surface area contributed by atoms with E-state index in [9.17, 15) is 4.39 Å². The van der Waals surface area contributed by atoms with Crippen molar-refractivity contribution in [2.45, 2.75) is 25.4 Å². The predicted molar refractivity (Wildman–Crippen MR) is 133 cm³/mol. The first-order valence-corrected chi connectivity index (χ1v) is 11.8. The molecule has 1 fully saturated rings. The van der Waals surface area contributed by atoms with Crippen molar-refractivity contribution in [1.82, 2.24) is 15.0 Å². The zero-order valence-corrected chi connectivity index (χ0v) is 19.3. The van der Waals surface area contributed by atoms with E-state index in [1.807, 2.05) is 36.5 Å². The number of fused-ring (bicyclic) bond motifs is 3. The van der Waals surface area contributed by atoms with Gasteiger partial charge >= 0.3 is 0 Å². The number of nitrogens with zero attached hydrogens (tertiary/aromatic N) is 4. The Kier molecular flexibility index (Phi) is 5.46. The number of aromatic amines is 1. The molecule has 0 saturated carbocycles. The highest BCUT2D eigenvalue weighted by molar-refractivity contribution is 6.31. The van der Waals surface area contributed by atoms with Gasteiger partial charge in [-0.3, -0.25) is 0 Å². The van der Waals surface area contributed by atoms with Crippen LogP contribution in [0.4, 0.5) is 15.9 Å². The van der Waals surface area contributed by atoms with Crippen molar-refractivity contribution in [3.63, 3.8) is 0 Å². The van der Waals surface area contributed by atoms with E-state index in [4.69, 9.17) is 16.6 Å². The van der Waals surface area contributed by atoms with Gasteiger partial charge in [-0.05, 0) is 61.7 Å². The molecule has 1 atom stereocenters. The molecule has 4 aromatic rings. The van der Waals surface area contributed by atoms with Crippen LogP contribution in [0.2, 0.25) is 5.02 Å². The minimum absolute atomic E-state index is 0.0928. The number of aromatic nitrogens is 3. The van der Waals surface area contributed by atoms with E-state index in [2.05, 4.69) is 38.3 Å². The number of nitrogens with one attached hydrogen (secondary N) is 1. The van der Waals surface area contributed by atoms with Crippen molar-refractivity contribution < 1.29 is 4.39 Å². The molecule has 0 amide bonds. The van der Waals surface area contributed by atoms with Gasteiger partial charge in [-0.15, -0.1) is 0 Å². The summed E-state index contributed by atoms with van der Waals surface area (Å²) in [5.74, 6) is 1.36. The highest BCUT2D eigenvalue weighted by Crippen LogP contribution is 2.41. The number of anilines is 2. The van der Waals surface area contributed by atoms with Gasteiger partial charge in [-0.1, -0.05) is 29.8 Å². The number of H-pyrrole nitrogens is 1. The van der Waals surface area contributed by atoms with Crippen LogP contribution in [0.1, 0.15) is 18.5 Å². The van der Waals surface area contributed by atoms with Crippen LogP contribution in [0, 0.1) is 12.2 Å². The van der Waals surface area contributed by atoms with Gasteiger partial charge in [-0.25, -0.2) is 14.4 Å².